The number of carbonyl (C=O) groups excluding carboxylic acids is 1. The van der Waals surface area contributed by atoms with Crippen LogP contribution in [0, 0.1) is 0 Å². The van der Waals surface area contributed by atoms with Gasteiger partial charge in [-0.1, -0.05) is 36.4 Å². The molecule has 5 nitrogen and oxygen atoms in total. The molecule has 0 saturated carbocycles. The van der Waals surface area contributed by atoms with Crippen LogP contribution in [0.5, 0.6) is 5.75 Å². The van der Waals surface area contributed by atoms with Crippen LogP contribution in [0.4, 0.5) is 0 Å². The topological polar surface area (TPSA) is 61.2 Å². The van der Waals surface area contributed by atoms with Crippen LogP contribution in [0.25, 0.3) is 32.1 Å². The Hall–Kier alpha value is -3.77. The van der Waals surface area contributed by atoms with Gasteiger partial charge < -0.3 is 4.74 Å². The number of fused-ring (bicyclic) bond motifs is 2. The van der Waals surface area contributed by atoms with E-state index in [9.17, 15) is 9.59 Å². The lowest BCUT2D eigenvalue weighted by Crippen LogP contribution is -2.24. The molecule has 0 aliphatic heterocycles. The van der Waals surface area contributed by atoms with E-state index >= 15 is 0 Å². The van der Waals surface area contributed by atoms with E-state index in [2.05, 4.69) is 29.2 Å². The fourth-order valence-electron chi connectivity index (χ4n) is 3.80. The van der Waals surface area contributed by atoms with Crippen LogP contribution >= 0.6 is 11.3 Å². The molecule has 0 aliphatic carbocycles. The summed E-state index contributed by atoms with van der Waals surface area (Å²) in [6.07, 6.45) is 1.46. The summed E-state index contributed by atoms with van der Waals surface area (Å²) in [5, 5.41) is 4.76. The zero-order valence-electron chi connectivity index (χ0n) is 17.4. The van der Waals surface area contributed by atoms with E-state index < -0.39 is 0 Å². The van der Waals surface area contributed by atoms with Crippen molar-refractivity contribution in [2.75, 3.05) is 6.61 Å². The largest absolute Gasteiger partial charge is 0.494 e. The summed E-state index contributed by atoms with van der Waals surface area (Å²) in [7, 11) is 0. The summed E-state index contributed by atoms with van der Waals surface area (Å²) in [6, 6.07) is 21.2. The number of aromatic nitrogens is 2. The van der Waals surface area contributed by atoms with Gasteiger partial charge in [-0.15, -0.1) is 11.3 Å². The van der Waals surface area contributed by atoms with Crippen molar-refractivity contribution in [1.82, 2.24) is 9.55 Å². The van der Waals surface area contributed by atoms with Crippen LogP contribution in [0.1, 0.15) is 17.3 Å². The lowest BCUT2D eigenvalue weighted by Gasteiger charge is -2.07. The molecule has 5 aromatic rings. The van der Waals surface area contributed by atoms with Crippen molar-refractivity contribution in [3.8, 4) is 16.9 Å². The predicted octanol–water partition coefficient (Wildman–Crippen LogP) is 5.56. The zero-order chi connectivity index (χ0) is 22.1. The molecule has 6 heteroatoms. The molecule has 0 aliphatic rings. The Bertz CT molecular complexity index is 1500. The van der Waals surface area contributed by atoms with Gasteiger partial charge in [0, 0.05) is 16.5 Å². The van der Waals surface area contributed by atoms with Gasteiger partial charge in [0.05, 0.1) is 24.9 Å². The van der Waals surface area contributed by atoms with Crippen molar-refractivity contribution in [3.05, 3.63) is 94.4 Å². The molecule has 0 unspecified atom stereocenters. The molecule has 3 aromatic carbocycles. The lowest BCUT2D eigenvalue weighted by atomic mass is 10.0. The van der Waals surface area contributed by atoms with Crippen LogP contribution < -0.4 is 10.3 Å². The second kappa shape index (κ2) is 8.40. The van der Waals surface area contributed by atoms with Crippen molar-refractivity contribution in [2.24, 2.45) is 0 Å². The molecule has 0 atom stereocenters. The third kappa shape index (κ3) is 3.69. The normalized spacial score (nSPS) is 11.2. The highest BCUT2D eigenvalue weighted by molar-refractivity contribution is 7.17. The Balaban J connectivity index is 1.50. The van der Waals surface area contributed by atoms with E-state index in [0.29, 0.717) is 28.1 Å². The summed E-state index contributed by atoms with van der Waals surface area (Å²) < 4.78 is 6.81. The van der Waals surface area contributed by atoms with Gasteiger partial charge in [0.15, 0.2) is 5.78 Å². The molecule has 0 saturated heterocycles. The number of nitrogens with zero attached hydrogens (tertiary/aromatic N) is 2. The van der Waals surface area contributed by atoms with Gasteiger partial charge in [-0.25, -0.2) is 4.98 Å². The number of ether oxygens (including phenoxy) is 1. The minimum absolute atomic E-state index is 0.0667. The molecule has 0 radical (unpaired) electrons. The maximum Gasteiger partial charge on any atom is 0.263 e. The van der Waals surface area contributed by atoms with Gasteiger partial charge in [0.25, 0.3) is 5.56 Å². The first-order valence-corrected chi connectivity index (χ1v) is 11.2. The summed E-state index contributed by atoms with van der Waals surface area (Å²) in [5.41, 5.74) is 2.12. The van der Waals surface area contributed by atoms with Gasteiger partial charge in [0.1, 0.15) is 10.6 Å². The maximum atomic E-state index is 13.3. The van der Waals surface area contributed by atoms with Crippen molar-refractivity contribution < 1.29 is 9.53 Å². The van der Waals surface area contributed by atoms with Crippen molar-refractivity contribution in [2.45, 2.75) is 13.5 Å². The van der Waals surface area contributed by atoms with Gasteiger partial charge in [0.2, 0.25) is 0 Å². The molecule has 5 rings (SSSR count). The Morgan fingerprint density at radius 3 is 2.59 bits per heavy atom. The van der Waals surface area contributed by atoms with Crippen LogP contribution in [0.2, 0.25) is 0 Å². The number of rotatable bonds is 6. The first-order chi connectivity index (χ1) is 15.6. The van der Waals surface area contributed by atoms with Gasteiger partial charge in [-0.2, -0.15) is 0 Å². The molecule has 0 bridgehead atoms. The van der Waals surface area contributed by atoms with Crippen molar-refractivity contribution >= 4 is 38.1 Å². The number of hydrogen-bond acceptors (Lipinski definition) is 5. The lowest BCUT2D eigenvalue weighted by molar-refractivity contribution is 0.0970. The highest BCUT2D eigenvalue weighted by atomic mass is 32.1. The standard InChI is InChI=1S/C26H20N2O3S/c1-2-31-21-11-9-18(10-12-21)23(29)14-28-16-27-25-24(26(28)30)22(15-32-25)20-8-7-17-5-3-4-6-19(17)13-20/h3-13,15-16H,2,14H2,1H3. The third-order valence-corrected chi connectivity index (χ3v) is 6.31. The summed E-state index contributed by atoms with van der Waals surface area (Å²) in [4.78, 5) is 31.2. The van der Waals surface area contributed by atoms with Crippen LogP contribution in [-0.4, -0.2) is 21.9 Å². The quantitative estimate of drug-likeness (QED) is 0.324. The Kier molecular flexibility index (Phi) is 5.29. The first-order valence-electron chi connectivity index (χ1n) is 10.4. The monoisotopic (exact) mass is 440 g/mol. The van der Waals surface area contributed by atoms with E-state index in [0.717, 1.165) is 21.9 Å². The van der Waals surface area contributed by atoms with E-state index in [-0.39, 0.29) is 17.9 Å². The number of Topliss-reactive ketones (excluding diaryl/α,β-unsaturated/α-hetero) is 1. The molecule has 0 fully saturated rings. The molecule has 158 valence electrons. The highest BCUT2D eigenvalue weighted by Gasteiger charge is 2.16. The third-order valence-electron chi connectivity index (χ3n) is 5.42. The predicted molar refractivity (Wildman–Crippen MR) is 129 cm³/mol. The zero-order valence-corrected chi connectivity index (χ0v) is 18.3. The SMILES string of the molecule is CCOc1ccc(C(=O)Cn2cnc3scc(-c4ccc5ccccc5c4)c3c2=O)cc1. The number of ketones is 1. The fourth-order valence-corrected chi connectivity index (χ4v) is 4.71. The molecule has 0 amide bonds. The van der Waals surface area contributed by atoms with Gasteiger partial charge in [-0.3, -0.25) is 14.2 Å². The van der Waals surface area contributed by atoms with E-state index in [1.807, 2.05) is 30.5 Å². The van der Waals surface area contributed by atoms with E-state index in [1.54, 1.807) is 24.3 Å². The van der Waals surface area contributed by atoms with Crippen molar-refractivity contribution in [3.63, 3.8) is 0 Å². The number of hydrogen-bond donors (Lipinski definition) is 0. The maximum absolute atomic E-state index is 13.3. The number of thiophene rings is 1. The molecule has 0 spiro atoms. The highest BCUT2D eigenvalue weighted by Crippen LogP contribution is 2.32. The average molecular weight is 441 g/mol. The Labute approximate surface area is 188 Å². The minimum atomic E-state index is -0.210. The van der Waals surface area contributed by atoms with Gasteiger partial charge >= 0.3 is 0 Å². The number of benzene rings is 3. The summed E-state index contributed by atoms with van der Waals surface area (Å²) >= 11 is 1.44. The summed E-state index contributed by atoms with van der Waals surface area (Å²) in [5.74, 6) is 0.557. The van der Waals surface area contributed by atoms with Crippen molar-refractivity contribution in [1.29, 1.82) is 0 Å². The molecule has 0 N–H and O–H groups in total. The second-order valence-corrected chi connectivity index (χ2v) is 8.31. The van der Waals surface area contributed by atoms with Crippen LogP contribution in [0.15, 0.2) is 83.2 Å². The second-order valence-electron chi connectivity index (χ2n) is 7.45. The average Bonchev–Trinajstić information content (AvgIpc) is 3.26. The molecular weight excluding hydrogens is 420 g/mol. The van der Waals surface area contributed by atoms with Crippen LogP contribution in [0.3, 0.4) is 0 Å². The Morgan fingerprint density at radius 1 is 1.03 bits per heavy atom. The van der Waals surface area contributed by atoms with E-state index in [4.69, 9.17) is 4.74 Å². The minimum Gasteiger partial charge on any atom is -0.494 e. The molecule has 32 heavy (non-hydrogen) atoms. The molecule has 2 aromatic heterocycles. The number of carbonyl (C=O) groups is 1. The Morgan fingerprint density at radius 2 is 1.81 bits per heavy atom. The molecule has 2 heterocycles. The van der Waals surface area contributed by atoms with Gasteiger partial charge in [-0.05, 0) is 53.6 Å². The fraction of sp³-hybridized carbons (Fsp3) is 0.115. The molecular formula is C26H20N2O3S. The van der Waals surface area contributed by atoms with Crippen LogP contribution in [-0.2, 0) is 6.54 Å². The first kappa shape index (κ1) is 20.2. The smallest absolute Gasteiger partial charge is 0.263 e. The summed E-state index contributed by atoms with van der Waals surface area (Å²) in [6.45, 7) is 2.41. The van der Waals surface area contributed by atoms with E-state index in [1.165, 1.54) is 22.2 Å².